The number of aromatic nitrogens is 8. The highest BCUT2D eigenvalue weighted by atomic mass is 31.2. The quantitative estimate of drug-likeness (QED) is 0.00976. The first-order chi connectivity index (χ1) is 69.4. The minimum absolute atomic E-state index is 0.0389. The third-order valence-corrected chi connectivity index (χ3v) is 31.3. The summed E-state index contributed by atoms with van der Waals surface area (Å²) in [7, 11) is -15.2. The number of carbonyl (C=O) groups is 1. The van der Waals surface area contributed by atoms with E-state index in [4.69, 9.17) is 59.9 Å². The number of hydrogen-bond acceptors (Lipinski definition) is 30. The second kappa shape index (κ2) is 51.5. The predicted molar refractivity (Wildman–Crippen MR) is 525 cm³/mol. The van der Waals surface area contributed by atoms with Crippen LogP contribution in [0.15, 0.2) is 269 Å². The van der Waals surface area contributed by atoms with E-state index < -0.39 is 210 Å². The Morgan fingerprint density at radius 1 is 0.411 bits per heavy atom. The lowest BCUT2D eigenvalue weighted by Crippen LogP contribution is -2.43. The number of aliphatic hydroxyl groups excluding tert-OH is 4. The topological polar surface area (TPSA) is 518 Å². The van der Waals surface area contributed by atoms with Crippen LogP contribution in [-0.2, 0) is 129 Å². The number of nitrogens with zero attached hydrogens (tertiary/aromatic N) is 4. The van der Waals surface area contributed by atoms with Gasteiger partial charge < -0.3 is 71.3 Å². The maximum Gasteiger partial charge on any atom is 0.406 e. The van der Waals surface area contributed by atoms with Gasteiger partial charge in [0.15, 0.2) is 23.8 Å². The number of esters is 1. The van der Waals surface area contributed by atoms with Gasteiger partial charge in [-0.1, -0.05) is 194 Å². The first-order valence-corrected chi connectivity index (χ1v) is 53.3. The van der Waals surface area contributed by atoms with E-state index in [0.717, 1.165) is 118 Å². The number of benzene rings is 7. The standard InChI is InChI=1S/C26H30FN2O7P.2C25H28FN2O7P.C23H31FN3O9P/c1-18-8-6-7-11-20(18)16-34-37(33,15-13-19-9-4-3-5-10-19)35-17-21-23(31)26(2,27)24(36-21)29-14-12-22(30)28-25(29)32;1-25(26)22(30)20(35-23(25)28-14-12-21(29)27-24(28)31)17-34-36(32,15-13-18-8-4-2-5-9-18)33-16-19-10-6-3-7-11-19;1-17-7-5-6-10-19(17)15-33-36(32,12-11-18-8-3-2-4-9-18)34-16-22-21(29)13-23(35-22)28-14-20(26)24(30)27-25(28)31;1-13(2)35-22(30)15(4)26-37(32,33-11-16-8-6-5-7-14(16)3)34-12-19-18(28)9-20(36-19)27-10-17(24)21(29)25-23(27)31/h3-12,14,21,23-24,31H,13,15-17H2,1-2H3,(H,28,30,32);2-12,14,20,22-23,30H,13,15-17H2,1H3,(H,27,29,31);2-10,14,21-23,29H,11-13,15-16H2,1H3,(H,27,30,31);5-8,10,13,15,18-20,28H,9,11-12H2,1-4H3,(H,26,32)(H,25,29,31)/t;;;15-,18?,19?,20?,37+/m...0/s1. The lowest BCUT2D eigenvalue weighted by atomic mass is 9.98. The third-order valence-electron chi connectivity index (χ3n) is 24.1. The Morgan fingerprint density at radius 2 is 0.726 bits per heavy atom. The normalized spacial score (nSPS) is 23.5. The van der Waals surface area contributed by atoms with Crippen molar-refractivity contribution in [1.29, 1.82) is 0 Å². The van der Waals surface area contributed by atoms with Crippen LogP contribution in [0.1, 0.15) is 128 Å². The molecule has 0 amide bonds. The summed E-state index contributed by atoms with van der Waals surface area (Å²) in [4.78, 5) is 114. The summed E-state index contributed by atoms with van der Waals surface area (Å²) in [5.74, 6) is -3.02. The summed E-state index contributed by atoms with van der Waals surface area (Å²) in [6.45, 7) is 11.1. The van der Waals surface area contributed by atoms with Gasteiger partial charge in [0.2, 0.25) is 11.6 Å². The Bertz CT molecular complexity index is 6880. The number of halogens is 4. The Morgan fingerprint density at radius 3 is 1.08 bits per heavy atom. The molecule has 0 spiro atoms. The van der Waals surface area contributed by atoms with Gasteiger partial charge in [-0.15, -0.1) is 0 Å². The molecule has 8 heterocycles. The van der Waals surface area contributed by atoms with Crippen LogP contribution in [0.2, 0.25) is 0 Å². The minimum atomic E-state index is -4.17. The molecule has 4 saturated heterocycles. The molecule has 19 atom stereocenters. The summed E-state index contributed by atoms with van der Waals surface area (Å²) >= 11 is 0. The summed E-state index contributed by atoms with van der Waals surface area (Å²) in [5, 5.41) is 44.7. The maximum atomic E-state index is 15.5. The number of aryl methyl sites for hydroxylation is 6. The number of carbonyl (C=O) groups excluding carboxylic acids is 1. The molecule has 0 aliphatic carbocycles. The van der Waals surface area contributed by atoms with Crippen molar-refractivity contribution in [2.24, 2.45) is 0 Å². The van der Waals surface area contributed by atoms with Crippen molar-refractivity contribution in [1.82, 2.24) is 43.3 Å². The van der Waals surface area contributed by atoms with Gasteiger partial charge in [-0.2, -0.15) is 8.78 Å². The van der Waals surface area contributed by atoms with Crippen LogP contribution < -0.4 is 50.1 Å². The van der Waals surface area contributed by atoms with E-state index in [9.17, 15) is 90.6 Å². The molecule has 9 N–H and O–H groups in total. The van der Waals surface area contributed by atoms with Gasteiger partial charge in [0.25, 0.3) is 22.2 Å². The van der Waals surface area contributed by atoms with Crippen molar-refractivity contribution < 1.29 is 121 Å². The van der Waals surface area contributed by atoms with E-state index in [1.807, 2.05) is 223 Å². The summed E-state index contributed by atoms with van der Waals surface area (Å²) in [6.07, 6.45) is -10.8. The van der Waals surface area contributed by atoms with Gasteiger partial charge in [-0.05, 0) is 130 Å². The van der Waals surface area contributed by atoms with Gasteiger partial charge >= 0.3 is 59.3 Å². The second-order valence-electron chi connectivity index (χ2n) is 35.5. The zero-order valence-electron chi connectivity index (χ0n) is 80.8. The minimum Gasteiger partial charge on any atom is -0.462 e. The van der Waals surface area contributed by atoms with E-state index >= 15 is 8.78 Å². The number of aromatic amines is 4. The van der Waals surface area contributed by atoms with Crippen LogP contribution in [0, 0.1) is 32.4 Å². The molecule has 0 bridgehead atoms. The van der Waals surface area contributed by atoms with Gasteiger partial charge in [-0.25, -0.2) is 37.6 Å². The smallest absolute Gasteiger partial charge is 0.406 e. The largest absolute Gasteiger partial charge is 0.462 e. The number of aliphatic hydroxyl groups is 4. The summed E-state index contributed by atoms with van der Waals surface area (Å²) < 4.78 is 190. The van der Waals surface area contributed by atoms with Crippen molar-refractivity contribution >= 4 is 36.5 Å². The third kappa shape index (κ3) is 31.4. The molecule has 17 unspecified atom stereocenters. The molecule has 11 aromatic rings. The maximum absolute atomic E-state index is 15.5. The fourth-order valence-electron chi connectivity index (χ4n) is 15.6. The monoisotopic (exact) mass is 2110 g/mol. The molecule has 4 aromatic heterocycles. The second-order valence-corrected chi connectivity index (χ2v) is 43.8. The number of nitrogens with one attached hydrogen (secondary N) is 5. The van der Waals surface area contributed by atoms with Crippen LogP contribution in [0.25, 0.3) is 0 Å². The first-order valence-electron chi connectivity index (χ1n) is 46.6. The van der Waals surface area contributed by atoms with E-state index in [1.54, 1.807) is 26.0 Å². The molecular formula is C99H117F4N9O30P4. The highest BCUT2D eigenvalue weighted by Gasteiger charge is 2.57. The lowest BCUT2D eigenvalue weighted by molar-refractivity contribution is -0.149. The van der Waals surface area contributed by atoms with Gasteiger partial charge in [-0.3, -0.25) is 84.9 Å². The fourth-order valence-corrected chi connectivity index (χ4v) is 21.8. The van der Waals surface area contributed by atoms with Crippen LogP contribution in [0.5, 0.6) is 0 Å². The van der Waals surface area contributed by atoms with Crippen molar-refractivity contribution in [3.63, 3.8) is 0 Å². The van der Waals surface area contributed by atoms with E-state index in [0.29, 0.717) is 25.5 Å². The molecule has 7 aromatic carbocycles. The fraction of sp³-hybridized carbons (Fsp3) is 0.404. The molecule has 39 nitrogen and oxygen atoms in total. The molecule has 4 fully saturated rings. The molecule has 47 heteroatoms. The van der Waals surface area contributed by atoms with Crippen molar-refractivity contribution in [3.8, 4) is 0 Å². The first kappa shape index (κ1) is 113. The van der Waals surface area contributed by atoms with Crippen LogP contribution in [-0.4, -0.2) is 182 Å². The van der Waals surface area contributed by atoms with E-state index in [-0.39, 0.29) is 64.4 Å². The molecule has 786 valence electrons. The Kier molecular flexibility index (Phi) is 40.0. The summed E-state index contributed by atoms with van der Waals surface area (Å²) in [5.41, 5.74) is -3.01. The Hall–Kier alpha value is -11.3. The molecule has 15 rings (SSSR count). The number of hydrogen-bond donors (Lipinski definition) is 9. The highest BCUT2D eigenvalue weighted by Crippen LogP contribution is 2.55. The number of H-pyrrole nitrogens is 4. The highest BCUT2D eigenvalue weighted by molar-refractivity contribution is 7.54. The Balaban J connectivity index is 0.000000173. The lowest BCUT2D eigenvalue weighted by Gasteiger charge is -2.25. The van der Waals surface area contributed by atoms with Crippen LogP contribution >= 0.6 is 30.5 Å². The van der Waals surface area contributed by atoms with Crippen molar-refractivity contribution in [2.75, 3.05) is 44.9 Å². The zero-order chi connectivity index (χ0) is 105. The Labute approximate surface area is 834 Å². The molecule has 4 aliphatic heterocycles. The molecule has 4 aliphatic rings. The molecular weight excluding hydrogens is 2000 g/mol. The SMILES string of the molecule is CC1(F)C(O)C(COP(=O)(CCc2ccccc2)OCc2ccccc2)OC1n1ccc(=O)[nH]c1=O.Cc1ccccc1COP(=O)(CCc1ccccc1)OCC1OC(n2cc(F)c(=O)[nH]c2=O)CC1O.Cc1ccccc1COP(=O)(CCc1ccccc1)OCC1OC(n2ccc(=O)[nH]c2=O)C(C)(F)C1O.Cc1ccccc1CO[P@](=O)(N[C@@H](C)C(=O)OC(C)C)OCC1OC(n2cc(F)c(=O)[nH]c2=O)CC1O. The molecule has 0 saturated carbocycles. The van der Waals surface area contributed by atoms with Gasteiger partial charge in [0, 0.05) is 37.4 Å². The van der Waals surface area contributed by atoms with Crippen LogP contribution in [0.3, 0.4) is 0 Å². The average molecular weight is 2110 g/mol. The van der Waals surface area contributed by atoms with Crippen molar-refractivity contribution in [2.45, 2.75) is 211 Å². The van der Waals surface area contributed by atoms with E-state index in [2.05, 4.69) is 5.09 Å². The van der Waals surface area contributed by atoms with Gasteiger partial charge in [0.1, 0.15) is 55.1 Å². The van der Waals surface area contributed by atoms with Gasteiger partial charge in [0.05, 0.1) is 102 Å². The number of ether oxygens (including phenoxy) is 5. The predicted octanol–water partition coefficient (Wildman–Crippen LogP) is 11.9. The molecule has 0 radical (unpaired) electrons. The van der Waals surface area contributed by atoms with E-state index in [1.165, 1.54) is 6.92 Å². The molecule has 146 heavy (non-hydrogen) atoms. The van der Waals surface area contributed by atoms with Crippen molar-refractivity contribution in [3.05, 3.63) is 382 Å². The van der Waals surface area contributed by atoms with Crippen LogP contribution in [0.4, 0.5) is 17.6 Å². The zero-order valence-corrected chi connectivity index (χ0v) is 84.4. The number of alkyl halides is 2. The summed E-state index contributed by atoms with van der Waals surface area (Å²) in [6, 6.07) is 60.9. The average Bonchev–Trinajstić information content (AvgIpc) is 1.61. The number of rotatable bonds is 41.